The molecule has 0 radical (unpaired) electrons. The van der Waals surface area contributed by atoms with Gasteiger partial charge in [-0.05, 0) is 30.7 Å². The van der Waals surface area contributed by atoms with Crippen molar-refractivity contribution in [2.24, 2.45) is 0 Å². The zero-order chi connectivity index (χ0) is 18.2. The van der Waals surface area contributed by atoms with Gasteiger partial charge in [-0.1, -0.05) is 24.8 Å². The summed E-state index contributed by atoms with van der Waals surface area (Å²) in [6.45, 7) is 6.14. The summed E-state index contributed by atoms with van der Waals surface area (Å²) in [6.07, 6.45) is 4.43. The minimum absolute atomic E-state index is 0.177. The van der Waals surface area contributed by atoms with Crippen molar-refractivity contribution in [2.45, 2.75) is 19.5 Å². The Morgan fingerprint density at radius 3 is 2.64 bits per heavy atom. The maximum atomic E-state index is 12.4. The van der Waals surface area contributed by atoms with Gasteiger partial charge in [0.05, 0.1) is 11.8 Å². The fourth-order valence-electron chi connectivity index (χ4n) is 2.26. The van der Waals surface area contributed by atoms with E-state index < -0.39 is 6.04 Å². The first-order valence-corrected chi connectivity index (χ1v) is 7.92. The molecule has 0 spiro atoms. The lowest BCUT2D eigenvalue weighted by molar-refractivity contribution is -0.132. The summed E-state index contributed by atoms with van der Waals surface area (Å²) >= 11 is 0. The van der Waals surface area contributed by atoms with Crippen LogP contribution < -0.4 is 10.1 Å². The van der Waals surface area contributed by atoms with Gasteiger partial charge >= 0.3 is 0 Å². The molecule has 1 unspecified atom stereocenters. The molecule has 25 heavy (non-hydrogen) atoms. The van der Waals surface area contributed by atoms with Crippen molar-refractivity contribution < 1.29 is 18.7 Å². The molecule has 0 aliphatic carbocycles. The highest BCUT2D eigenvalue weighted by Crippen LogP contribution is 2.13. The normalized spacial score (nSPS) is 11.4. The molecule has 1 aromatic heterocycles. The van der Waals surface area contributed by atoms with Crippen molar-refractivity contribution in [1.82, 2.24) is 10.2 Å². The number of benzene rings is 1. The third kappa shape index (κ3) is 5.24. The summed E-state index contributed by atoms with van der Waals surface area (Å²) in [4.78, 5) is 25.9. The molecule has 0 aliphatic heterocycles. The number of rotatable bonds is 8. The SMILES string of the molecule is C=CCOc1ccc(CN(C)C(=O)C(C)NC(=O)c2ccoc2)cc1. The van der Waals surface area contributed by atoms with Gasteiger partial charge < -0.3 is 19.4 Å². The zero-order valence-electron chi connectivity index (χ0n) is 14.4. The smallest absolute Gasteiger partial charge is 0.255 e. The molecule has 6 nitrogen and oxygen atoms in total. The maximum absolute atomic E-state index is 12.4. The van der Waals surface area contributed by atoms with Crippen LogP contribution in [0.25, 0.3) is 0 Å². The first kappa shape index (κ1) is 18.3. The molecule has 0 fully saturated rings. The first-order valence-electron chi connectivity index (χ1n) is 7.92. The van der Waals surface area contributed by atoms with Crippen molar-refractivity contribution >= 4 is 11.8 Å². The van der Waals surface area contributed by atoms with Gasteiger partial charge in [0.15, 0.2) is 0 Å². The van der Waals surface area contributed by atoms with Gasteiger partial charge in [-0.25, -0.2) is 0 Å². The summed E-state index contributed by atoms with van der Waals surface area (Å²) < 4.78 is 10.3. The Morgan fingerprint density at radius 2 is 2.04 bits per heavy atom. The van der Waals surface area contributed by atoms with Crippen LogP contribution in [0.15, 0.2) is 59.9 Å². The standard InChI is InChI=1S/C19H22N2O4/c1-4-10-25-17-7-5-15(6-8-17)12-21(3)19(23)14(2)20-18(22)16-9-11-24-13-16/h4-9,11,13-14H,1,10,12H2,2-3H3,(H,20,22). The second-order valence-electron chi connectivity index (χ2n) is 5.65. The Bertz CT molecular complexity index is 708. The summed E-state index contributed by atoms with van der Waals surface area (Å²) in [6, 6.07) is 8.41. The van der Waals surface area contributed by atoms with E-state index in [9.17, 15) is 9.59 Å². The lowest BCUT2D eigenvalue weighted by Gasteiger charge is -2.22. The number of carbonyl (C=O) groups is 2. The molecule has 6 heteroatoms. The highest BCUT2D eigenvalue weighted by molar-refractivity contribution is 5.97. The molecule has 0 saturated heterocycles. The van der Waals surface area contributed by atoms with Crippen molar-refractivity contribution in [1.29, 1.82) is 0 Å². The highest BCUT2D eigenvalue weighted by Gasteiger charge is 2.20. The predicted molar refractivity (Wildman–Crippen MR) is 94.2 cm³/mol. The highest BCUT2D eigenvalue weighted by atomic mass is 16.5. The number of amides is 2. The van der Waals surface area contributed by atoms with Crippen LogP contribution >= 0.6 is 0 Å². The molecule has 2 aromatic rings. The van der Waals surface area contributed by atoms with Gasteiger partial charge in [-0.2, -0.15) is 0 Å². The monoisotopic (exact) mass is 342 g/mol. The molecule has 0 aliphatic rings. The molecule has 0 bridgehead atoms. The lowest BCUT2D eigenvalue weighted by atomic mass is 10.2. The second-order valence-corrected chi connectivity index (χ2v) is 5.65. The van der Waals surface area contributed by atoms with E-state index in [1.54, 1.807) is 31.0 Å². The molecule has 1 heterocycles. The van der Waals surface area contributed by atoms with Crippen LogP contribution in [0, 0.1) is 0 Å². The quantitative estimate of drug-likeness (QED) is 0.749. The Morgan fingerprint density at radius 1 is 1.32 bits per heavy atom. The summed E-state index contributed by atoms with van der Waals surface area (Å²) in [7, 11) is 1.70. The van der Waals surface area contributed by atoms with Crippen LogP contribution in [0.3, 0.4) is 0 Å². The van der Waals surface area contributed by atoms with Crippen LogP contribution in [0.2, 0.25) is 0 Å². The van der Waals surface area contributed by atoms with E-state index >= 15 is 0 Å². The van der Waals surface area contributed by atoms with E-state index in [2.05, 4.69) is 11.9 Å². The molecule has 2 rings (SSSR count). The largest absolute Gasteiger partial charge is 0.490 e. The van der Waals surface area contributed by atoms with Crippen LogP contribution in [0.1, 0.15) is 22.8 Å². The van der Waals surface area contributed by atoms with Crippen molar-refractivity contribution in [3.05, 3.63) is 66.6 Å². The minimum Gasteiger partial charge on any atom is -0.490 e. The fourth-order valence-corrected chi connectivity index (χ4v) is 2.26. The lowest BCUT2D eigenvalue weighted by Crippen LogP contribution is -2.45. The molecule has 1 N–H and O–H groups in total. The van der Waals surface area contributed by atoms with Gasteiger partial charge in [0.25, 0.3) is 5.91 Å². The third-order valence-electron chi connectivity index (χ3n) is 3.59. The third-order valence-corrected chi connectivity index (χ3v) is 3.59. The number of hydrogen-bond donors (Lipinski definition) is 1. The number of ether oxygens (including phenoxy) is 1. The maximum Gasteiger partial charge on any atom is 0.255 e. The average Bonchev–Trinajstić information content (AvgIpc) is 3.15. The number of nitrogens with one attached hydrogen (secondary N) is 1. The molecule has 0 saturated carbocycles. The number of hydrogen-bond acceptors (Lipinski definition) is 4. The Hall–Kier alpha value is -3.02. The van der Waals surface area contributed by atoms with Crippen LogP contribution in [-0.4, -0.2) is 36.4 Å². The molecule has 132 valence electrons. The number of likely N-dealkylation sites (N-methyl/N-ethyl adjacent to an activating group) is 1. The van der Waals surface area contributed by atoms with Crippen LogP contribution in [0.4, 0.5) is 0 Å². The Kier molecular flexibility index (Phi) is 6.39. The molecular weight excluding hydrogens is 320 g/mol. The average molecular weight is 342 g/mol. The molecular formula is C19H22N2O4. The van der Waals surface area contributed by atoms with Crippen LogP contribution in [-0.2, 0) is 11.3 Å². The first-order chi connectivity index (χ1) is 12.0. The van der Waals surface area contributed by atoms with Crippen LogP contribution in [0.5, 0.6) is 5.75 Å². The Balaban J connectivity index is 1.88. The van der Waals surface area contributed by atoms with Gasteiger partial charge in [0, 0.05) is 13.6 Å². The zero-order valence-corrected chi connectivity index (χ0v) is 14.4. The topological polar surface area (TPSA) is 71.8 Å². The molecule has 1 aromatic carbocycles. The van der Waals surface area contributed by atoms with E-state index in [-0.39, 0.29) is 11.8 Å². The van der Waals surface area contributed by atoms with Gasteiger partial charge in [0.2, 0.25) is 5.91 Å². The van der Waals surface area contributed by atoms with Gasteiger partial charge in [0.1, 0.15) is 24.7 Å². The summed E-state index contributed by atoms with van der Waals surface area (Å²) in [5, 5.41) is 2.66. The fraction of sp³-hybridized carbons (Fsp3) is 0.263. The second kappa shape index (κ2) is 8.73. The summed E-state index contributed by atoms with van der Waals surface area (Å²) in [5.41, 5.74) is 1.35. The minimum atomic E-state index is -0.636. The van der Waals surface area contributed by atoms with Crippen molar-refractivity contribution in [2.75, 3.05) is 13.7 Å². The van der Waals surface area contributed by atoms with E-state index in [4.69, 9.17) is 9.15 Å². The van der Waals surface area contributed by atoms with Crippen molar-refractivity contribution in [3.8, 4) is 5.75 Å². The van der Waals surface area contributed by atoms with E-state index in [0.29, 0.717) is 18.7 Å². The number of furan rings is 1. The predicted octanol–water partition coefficient (Wildman–Crippen LogP) is 2.62. The van der Waals surface area contributed by atoms with Gasteiger partial charge in [-0.15, -0.1) is 0 Å². The summed E-state index contributed by atoms with van der Waals surface area (Å²) in [5.74, 6) is 0.230. The molecule has 1 atom stereocenters. The number of nitrogens with zero attached hydrogens (tertiary/aromatic N) is 1. The van der Waals surface area contributed by atoms with Gasteiger partial charge in [-0.3, -0.25) is 9.59 Å². The number of carbonyl (C=O) groups excluding carboxylic acids is 2. The van der Waals surface area contributed by atoms with E-state index in [1.807, 2.05) is 24.3 Å². The Labute approximate surface area is 147 Å². The van der Waals surface area contributed by atoms with Crippen molar-refractivity contribution in [3.63, 3.8) is 0 Å². The molecule has 2 amide bonds. The van der Waals surface area contributed by atoms with E-state index in [0.717, 1.165) is 11.3 Å². The van der Waals surface area contributed by atoms with E-state index in [1.165, 1.54) is 12.5 Å².